The van der Waals surface area contributed by atoms with Gasteiger partial charge in [-0.25, -0.2) is 0 Å². The summed E-state index contributed by atoms with van der Waals surface area (Å²) < 4.78 is 17.8. The number of unbranched alkanes of at least 4 members (excludes halogenated alkanes) is 5. The van der Waals surface area contributed by atoms with Crippen molar-refractivity contribution in [2.45, 2.75) is 51.9 Å². The maximum absolute atomic E-state index is 6.00. The molecule has 3 aromatic carbocycles. The van der Waals surface area contributed by atoms with Crippen LogP contribution >= 0.6 is 0 Å². The maximum Gasteiger partial charge on any atom is 0.864 e. The van der Waals surface area contributed by atoms with Gasteiger partial charge in [0.25, 0.3) is 0 Å². The molecule has 0 fully saturated rings. The predicted molar refractivity (Wildman–Crippen MR) is 124 cm³/mol. The van der Waals surface area contributed by atoms with Gasteiger partial charge in [0.2, 0.25) is 0 Å². The number of benzene rings is 3. The first-order valence-corrected chi connectivity index (χ1v) is 11.0. The quantitative estimate of drug-likeness (QED) is 0.225. The molecule has 3 nitrogen and oxygen atoms in total. The summed E-state index contributed by atoms with van der Waals surface area (Å²) in [5.74, 6) is 2.11. The van der Waals surface area contributed by atoms with Gasteiger partial charge in [-0.15, -0.1) is 0 Å². The van der Waals surface area contributed by atoms with Gasteiger partial charge in [-0.05, 0) is 54.8 Å². The fraction of sp³-hybridized carbons (Fsp3) is 0.308. The molecule has 0 unspecified atom stereocenters. The Labute approximate surface area is 181 Å². The molecule has 30 heavy (non-hydrogen) atoms. The molecule has 4 heteroatoms. The molecule has 0 spiro atoms. The highest BCUT2D eigenvalue weighted by Crippen LogP contribution is 2.19. The lowest BCUT2D eigenvalue weighted by Crippen LogP contribution is -2.36. The minimum Gasteiger partial charge on any atom is -0.490 e. The average molecular weight is 402 g/mol. The minimum absolute atomic E-state index is 0.693. The summed E-state index contributed by atoms with van der Waals surface area (Å²) >= 11 is 0. The SMILES string of the molecule is CCCCCCCCc1ccc(OB(Oc2ccccc2)Oc2ccccc2)cc1. The molecule has 0 saturated heterocycles. The van der Waals surface area contributed by atoms with E-state index in [2.05, 4.69) is 19.1 Å². The molecule has 0 aromatic heterocycles. The minimum atomic E-state index is -0.876. The summed E-state index contributed by atoms with van der Waals surface area (Å²) in [5.41, 5.74) is 1.34. The van der Waals surface area contributed by atoms with Crippen LogP contribution in [0.5, 0.6) is 17.2 Å². The zero-order valence-electron chi connectivity index (χ0n) is 17.8. The van der Waals surface area contributed by atoms with Gasteiger partial charge in [0, 0.05) is 0 Å². The van der Waals surface area contributed by atoms with Crippen LogP contribution in [0.4, 0.5) is 0 Å². The van der Waals surface area contributed by atoms with Crippen LogP contribution < -0.4 is 14.0 Å². The van der Waals surface area contributed by atoms with Crippen molar-refractivity contribution in [2.24, 2.45) is 0 Å². The van der Waals surface area contributed by atoms with Crippen LogP contribution in [-0.2, 0) is 6.42 Å². The van der Waals surface area contributed by atoms with Gasteiger partial charge in [0.15, 0.2) is 0 Å². The van der Waals surface area contributed by atoms with Crippen molar-refractivity contribution in [2.75, 3.05) is 0 Å². The number of hydrogen-bond acceptors (Lipinski definition) is 3. The number of rotatable bonds is 13. The molecule has 0 aliphatic carbocycles. The number of hydrogen-bond donors (Lipinski definition) is 0. The Bertz CT molecular complexity index is 780. The van der Waals surface area contributed by atoms with E-state index in [0.717, 1.165) is 12.2 Å². The summed E-state index contributed by atoms with van der Waals surface area (Å²) in [5, 5.41) is 0. The van der Waals surface area contributed by atoms with E-state index in [4.69, 9.17) is 14.0 Å². The fourth-order valence-electron chi connectivity index (χ4n) is 3.25. The third-order valence-electron chi connectivity index (χ3n) is 4.93. The molecular weight excluding hydrogens is 371 g/mol. The molecule has 0 N–H and O–H groups in total. The van der Waals surface area contributed by atoms with E-state index in [0.29, 0.717) is 11.5 Å². The van der Waals surface area contributed by atoms with E-state index in [9.17, 15) is 0 Å². The molecule has 3 aromatic rings. The zero-order valence-corrected chi connectivity index (χ0v) is 17.8. The normalized spacial score (nSPS) is 10.4. The maximum atomic E-state index is 6.00. The smallest absolute Gasteiger partial charge is 0.490 e. The summed E-state index contributed by atoms with van der Waals surface area (Å²) in [6, 6.07) is 27.4. The monoisotopic (exact) mass is 402 g/mol. The molecule has 3 rings (SSSR count). The molecule has 0 aliphatic rings. The second-order valence-electron chi connectivity index (χ2n) is 7.43. The van der Waals surface area contributed by atoms with Gasteiger partial charge >= 0.3 is 7.32 Å². The highest BCUT2D eigenvalue weighted by molar-refractivity contribution is 6.39. The van der Waals surface area contributed by atoms with Crippen LogP contribution in [-0.4, -0.2) is 7.32 Å². The van der Waals surface area contributed by atoms with Crippen molar-refractivity contribution in [1.29, 1.82) is 0 Å². The van der Waals surface area contributed by atoms with Gasteiger partial charge in [-0.2, -0.15) is 0 Å². The summed E-state index contributed by atoms with van der Waals surface area (Å²) in [6.07, 6.45) is 8.99. The molecule has 0 heterocycles. The Morgan fingerprint density at radius 3 is 1.53 bits per heavy atom. The van der Waals surface area contributed by atoms with Crippen LogP contribution in [0.15, 0.2) is 84.9 Å². The zero-order chi connectivity index (χ0) is 20.9. The van der Waals surface area contributed by atoms with Crippen LogP contribution in [0, 0.1) is 0 Å². The highest BCUT2D eigenvalue weighted by atomic mass is 16.7. The van der Waals surface area contributed by atoms with Crippen molar-refractivity contribution in [3.05, 3.63) is 90.5 Å². The van der Waals surface area contributed by atoms with Crippen molar-refractivity contribution in [1.82, 2.24) is 0 Å². The Morgan fingerprint density at radius 1 is 0.533 bits per heavy atom. The van der Waals surface area contributed by atoms with E-state index >= 15 is 0 Å². The first-order valence-electron chi connectivity index (χ1n) is 11.0. The summed E-state index contributed by atoms with van der Waals surface area (Å²) in [6.45, 7) is 2.25. The van der Waals surface area contributed by atoms with Gasteiger partial charge < -0.3 is 14.0 Å². The van der Waals surface area contributed by atoms with Gasteiger partial charge in [-0.3, -0.25) is 0 Å². The Kier molecular flexibility index (Phi) is 9.19. The molecular formula is C26H31BO3. The number of aryl methyl sites for hydroxylation is 1. The fourth-order valence-corrected chi connectivity index (χ4v) is 3.25. The van der Waals surface area contributed by atoms with E-state index in [1.807, 2.05) is 72.8 Å². The van der Waals surface area contributed by atoms with E-state index in [1.165, 1.54) is 44.1 Å². The summed E-state index contributed by atoms with van der Waals surface area (Å²) in [4.78, 5) is 0. The predicted octanol–water partition coefficient (Wildman–Crippen LogP) is 7.11. The molecule has 0 radical (unpaired) electrons. The molecule has 0 atom stereocenters. The molecule has 156 valence electrons. The molecule has 0 aliphatic heterocycles. The van der Waals surface area contributed by atoms with Crippen LogP contribution in [0.2, 0.25) is 0 Å². The van der Waals surface area contributed by atoms with Crippen LogP contribution in [0.25, 0.3) is 0 Å². The topological polar surface area (TPSA) is 27.7 Å². The lowest BCUT2D eigenvalue weighted by Gasteiger charge is -2.16. The van der Waals surface area contributed by atoms with E-state index in [-0.39, 0.29) is 0 Å². The van der Waals surface area contributed by atoms with Gasteiger partial charge in [-0.1, -0.05) is 87.6 Å². The lowest BCUT2D eigenvalue weighted by atomic mass is 10.0. The van der Waals surface area contributed by atoms with Crippen LogP contribution in [0.1, 0.15) is 51.0 Å². The molecule has 0 bridgehead atoms. The summed E-state index contributed by atoms with van der Waals surface area (Å²) in [7, 11) is -0.876. The van der Waals surface area contributed by atoms with Crippen molar-refractivity contribution < 1.29 is 14.0 Å². The third-order valence-corrected chi connectivity index (χ3v) is 4.93. The largest absolute Gasteiger partial charge is 0.864 e. The first kappa shape index (κ1) is 21.8. The standard InChI is InChI=1S/C26H31BO3/c1-2-3-4-5-6-9-14-23-19-21-26(22-20-23)30-27(28-24-15-10-7-11-16-24)29-25-17-12-8-13-18-25/h7-8,10-13,15-22H,2-6,9,14H2,1H3. The van der Waals surface area contributed by atoms with Crippen molar-refractivity contribution in [3.8, 4) is 17.2 Å². The van der Waals surface area contributed by atoms with E-state index in [1.54, 1.807) is 0 Å². The second kappa shape index (κ2) is 12.6. The van der Waals surface area contributed by atoms with Gasteiger partial charge in [0.1, 0.15) is 17.2 Å². The van der Waals surface area contributed by atoms with E-state index < -0.39 is 7.32 Å². The average Bonchev–Trinajstić information content (AvgIpc) is 2.79. The highest BCUT2D eigenvalue weighted by Gasteiger charge is 2.30. The van der Waals surface area contributed by atoms with Crippen LogP contribution in [0.3, 0.4) is 0 Å². The first-order chi connectivity index (χ1) is 14.8. The molecule has 0 amide bonds. The van der Waals surface area contributed by atoms with Crippen molar-refractivity contribution in [3.63, 3.8) is 0 Å². The van der Waals surface area contributed by atoms with Crippen molar-refractivity contribution >= 4 is 7.32 Å². The lowest BCUT2D eigenvalue weighted by molar-refractivity contribution is 0.307. The molecule has 0 saturated carbocycles. The Balaban J connectivity index is 1.55. The number of para-hydroxylation sites is 2. The van der Waals surface area contributed by atoms with Gasteiger partial charge in [0.05, 0.1) is 0 Å². The Morgan fingerprint density at radius 2 is 1.00 bits per heavy atom. The second-order valence-corrected chi connectivity index (χ2v) is 7.43. The Hall–Kier alpha value is -2.88. The third kappa shape index (κ3) is 7.86.